The number of rotatable bonds is 7. The minimum absolute atomic E-state index is 0.523. The van der Waals surface area contributed by atoms with E-state index in [-0.39, 0.29) is 0 Å². The molecule has 0 N–H and O–H groups in total. The van der Waals surface area contributed by atoms with E-state index in [1.807, 2.05) is 6.07 Å². The van der Waals surface area contributed by atoms with Gasteiger partial charge >= 0.3 is 0 Å². The van der Waals surface area contributed by atoms with E-state index >= 15 is 0 Å². The second-order valence-corrected chi connectivity index (χ2v) is 4.72. The molecule has 0 fully saturated rings. The Hall–Kier alpha value is -2.13. The molecule has 104 valence electrons. The Balaban J connectivity index is 1.82. The lowest BCUT2D eigenvalue weighted by molar-refractivity contribution is -0.688. The highest BCUT2D eigenvalue weighted by Gasteiger charge is 2.02. The van der Waals surface area contributed by atoms with Crippen molar-refractivity contribution in [3.8, 4) is 0 Å². The highest BCUT2D eigenvalue weighted by molar-refractivity contribution is 5.13. The lowest BCUT2D eigenvalue weighted by atomic mass is 10.2. The minimum Gasteiger partial charge on any atom is -0.343 e. The van der Waals surface area contributed by atoms with Crippen molar-refractivity contribution in [2.45, 2.75) is 19.9 Å². The van der Waals surface area contributed by atoms with Crippen LogP contribution in [0.5, 0.6) is 0 Å². The summed E-state index contributed by atoms with van der Waals surface area (Å²) in [5.41, 5.74) is 2.52. The predicted octanol–water partition coefficient (Wildman–Crippen LogP) is 3.05. The molecular formula is C17H20NO2+. The van der Waals surface area contributed by atoms with E-state index in [1.165, 1.54) is 11.1 Å². The van der Waals surface area contributed by atoms with Crippen molar-refractivity contribution in [1.29, 1.82) is 0 Å². The van der Waals surface area contributed by atoms with E-state index in [4.69, 9.17) is 9.78 Å². The summed E-state index contributed by atoms with van der Waals surface area (Å²) in [6, 6.07) is 14.6. The fourth-order valence-electron chi connectivity index (χ4n) is 1.86. The molecule has 0 unspecified atom stereocenters. The van der Waals surface area contributed by atoms with Gasteiger partial charge in [-0.15, -0.1) is 0 Å². The molecule has 3 heteroatoms. The zero-order valence-corrected chi connectivity index (χ0v) is 11.8. The lowest BCUT2D eigenvalue weighted by Crippen LogP contribution is -2.33. The van der Waals surface area contributed by atoms with Gasteiger partial charge in [-0.1, -0.05) is 36.9 Å². The van der Waals surface area contributed by atoms with E-state index < -0.39 is 0 Å². The number of hydrogen-bond donors (Lipinski definition) is 0. The molecule has 1 heterocycles. The minimum atomic E-state index is 0.523. The van der Waals surface area contributed by atoms with Crippen LogP contribution in [0, 0.1) is 0 Å². The molecule has 20 heavy (non-hydrogen) atoms. The smallest absolute Gasteiger partial charge is 0.173 e. The topological polar surface area (TPSA) is 22.3 Å². The summed E-state index contributed by atoms with van der Waals surface area (Å²) >= 11 is 0. The second kappa shape index (κ2) is 7.46. The van der Waals surface area contributed by atoms with Gasteiger partial charge in [0.15, 0.2) is 18.9 Å². The summed E-state index contributed by atoms with van der Waals surface area (Å²) in [4.78, 5) is 9.89. The van der Waals surface area contributed by atoms with Gasteiger partial charge in [0.1, 0.15) is 5.76 Å². The molecule has 0 aliphatic heterocycles. The summed E-state index contributed by atoms with van der Waals surface area (Å²) < 4.78 is 2.16. The number of pyridine rings is 1. The van der Waals surface area contributed by atoms with Crippen LogP contribution in [0.2, 0.25) is 0 Å². The summed E-state index contributed by atoms with van der Waals surface area (Å²) in [5.74, 6) is 0.568. The van der Waals surface area contributed by atoms with Crippen molar-refractivity contribution in [3.05, 3.63) is 78.3 Å². The second-order valence-electron chi connectivity index (χ2n) is 4.72. The maximum absolute atomic E-state index is 5.02. The van der Waals surface area contributed by atoms with Gasteiger partial charge in [0.05, 0.1) is 6.61 Å². The third-order valence-electron chi connectivity index (χ3n) is 2.84. The molecule has 1 aromatic heterocycles. The van der Waals surface area contributed by atoms with Gasteiger partial charge in [-0.25, -0.2) is 4.57 Å². The molecule has 2 rings (SSSR count). The van der Waals surface area contributed by atoms with Crippen molar-refractivity contribution in [1.82, 2.24) is 0 Å². The Labute approximate surface area is 120 Å². The molecule has 0 radical (unpaired) electrons. The Morgan fingerprint density at radius 3 is 2.40 bits per heavy atom. The third kappa shape index (κ3) is 4.86. The highest BCUT2D eigenvalue weighted by atomic mass is 17.2. The van der Waals surface area contributed by atoms with Crippen LogP contribution in [-0.2, 0) is 22.7 Å². The van der Waals surface area contributed by atoms with Gasteiger partial charge in [0, 0.05) is 24.1 Å². The Morgan fingerprint density at radius 1 is 1.05 bits per heavy atom. The van der Waals surface area contributed by atoms with Crippen LogP contribution < -0.4 is 4.57 Å². The summed E-state index contributed by atoms with van der Waals surface area (Å²) in [6.45, 7) is 6.77. The van der Waals surface area contributed by atoms with E-state index in [2.05, 4.69) is 59.9 Å². The van der Waals surface area contributed by atoms with Crippen LogP contribution in [0.3, 0.4) is 0 Å². The fraction of sp³-hybridized carbons (Fsp3) is 0.235. The average molecular weight is 270 g/mol. The highest BCUT2D eigenvalue weighted by Crippen LogP contribution is 2.01. The average Bonchev–Trinajstić information content (AvgIpc) is 2.46. The van der Waals surface area contributed by atoms with Crippen molar-refractivity contribution in [2.75, 3.05) is 6.61 Å². The SMILES string of the molecule is C=C(C)OOCCc1cc[n+](Cc2ccccc2)cc1. The Bertz CT molecular complexity index is 535. The molecule has 0 spiro atoms. The van der Waals surface area contributed by atoms with E-state index in [0.29, 0.717) is 12.4 Å². The predicted molar refractivity (Wildman–Crippen MR) is 77.7 cm³/mol. The monoisotopic (exact) mass is 270 g/mol. The van der Waals surface area contributed by atoms with E-state index in [0.717, 1.165) is 13.0 Å². The van der Waals surface area contributed by atoms with Crippen LogP contribution >= 0.6 is 0 Å². The summed E-state index contributed by atoms with van der Waals surface area (Å²) in [6.07, 6.45) is 4.99. The quantitative estimate of drug-likeness (QED) is 0.254. The summed E-state index contributed by atoms with van der Waals surface area (Å²) in [5, 5.41) is 0. The third-order valence-corrected chi connectivity index (χ3v) is 2.84. The molecular weight excluding hydrogens is 250 g/mol. The standard InChI is InChI=1S/C17H20NO2/c1-15(2)20-19-13-10-16-8-11-18(12-9-16)14-17-6-4-3-5-7-17/h3-9,11-12H,1,10,13-14H2,2H3/q+1. The molecule has 2 aromatic rings. The number of aromatic nitrogens is 1. The van der Waals surface area contributed by atoms with E-state index in [1.54, 1.807) is 6.92 Å². The molecule has 0 atom stereocenters. The van der Waals surface area contributed by atoms with Crippen molar-refractivity contribution >= 4 is 0 Å². The molecule has 3 nitrogen and oxygen atoms in total. The molecule has 0 bridgehead atoms. The summed E-state index contributed by atoms with van der Waals surface area (Å²) in [7, 11) is 0. The molecule has 0 saturated carbocycles. The van der Waals surface area contributed by atoms with Crippen molar-refractivity contribution in [3.63, 3.8) is 0 Å². The van der Waals surface area contributed by atoms with Crippen molar-refractivity contribution in [2.24, 2.45) is 0 Å². The Morgan fingerprint density at radius 2 is 1.75 bits per heavy atom. The molecule has 1 aromatic carbocycles. The largest absolute Gasteiger partial charge is 0.343 e. The Kier molecular flexibility index (Phi) is 5.33. The molecule has 0 aliphatic carbocycles. The first-order chi connectivity index (χ1) is 9.74. The number of allylic oxidation sites excluding steroid dienone is 1. The fourth-order valence-corrected chi connectivity index (χ4v) is 1.86. The molecule has 0 amide bonds. The van der Waals surface area contributed by atoms with Gasteiger partial charge < -0.3 is 4.89 Å². The molecule has 0 aliphatic rings. The van der Waals surface area contributed by atoms with E-state index in [9.17, 15) is 0 Å². The number of benzene rings is 1. The number of hydrogen-bond acceptors (Lipinski definition) is 2. The first kappa shape index (κ1) is 14.3. The van der Waals surface area contributed by atoms with Crippen molar-refractivity contribution < 1.29 is 14.3 Å². The van der Waals surface area contributed by atoms with Crippen LogP contribution in [0.1, 0.15) is 18.1 Å². The van der Waals surface area contributed by atoms with Crippen LogP contribution in [0.15, 0.2) is 67.2 Å². The molecule has 0 saturated heterocycles. The normalized spacial score (nSPS) is 10.2. The van der Waals surface area contributed by atoms with Crippen LogP contribution in [0.25, 0.3) is 0 Å². The first-order valence-electron chi connectivity index (χ1n) is 6.71. The van der Waals surface area contributed by atoms with Gasteiger partial charge in [0.25, 0.3) is 0 Å². The maximum atomic E-state index is 5.02. The van der Waals surface area contributed by atoms with Crippen LogP contribution in [-0.4, -0.2) is 6.61 Å². The zero-order valence-electron chi connectivity index (χ0n) is 11.8. The van der Waals surface area contributed by atoms with Gasteiger partial charge in [-0.3, -0.25) is 0 Å². The number of nitrogens with zero attached hydrogens (tertiary/aromatic N) is 1. The van der Waals surface area contributed by atoms with Crippen LogP contribution in [0.4, 0.5) is 0 Å². The lowest BCUT2D eigenvalue weighted by Gasteiger charge is -2.04. The van der Waals surface area contributed by atoms with Gasteiger partial charge in [0.2, 0.25) is 0 Å². The van der Waals surface area contributed by atoms with Gasteiger partial charge in [-0.2, -0.15) is 4.89 Å². The first-order valence-corrected chi connectivity index (χ1v) is 6.71. The maximum Gasteiger partial charge on any atom is 0.173 e. The van der Waals surface area contributed by atoms with Gasteiger partial charge in [-0.05, 0) is 12.5 Å². The zero-order chi connectivity index (χ0) is 14.2.